The molecule has 0 aliphatic heterocycles. The average molecular weight is 477 g/mol. The molecule has 0 aliphatic rings. The monoisotopic (exact) mass is 476 g/mol. The number of aliphatic hydroxyl groups excluding tert-OH is 1. The molecule has 0 saturated carbocycles. The van der Waals surface area contributed by atoms with Crippen molar-refractivity contribution in [2.45, 2.75) is 41.5 Å². The Kier molecular flexibility index (Phi) is 9.45. The lowest BCUT2D eigenvalue weighted by Crippen LogP contribution is -2.27. The number of fused-ring (bicyclic) bond motifs is 1. The molecular weight excluding hydrogens is 444 g/mol. The van der Waals surface area contributed by atoms with Crippen LogP contribution in [-0.2, 0) is 9.53 Å². The van der Waals surface area contributed by atoms with E-state index in [1.807, 2.05) is 46.8 Å². The molecule has 0 spiro atoms. The molecule has 0 atom stereocenters. The highest BCUT2D eigenvalue weighted by Crippen LogP contribution is 2.22. The van der Waals surface area contributed by atoms with Crippen molar-refractivity contribution < 1.29 is 14.6 Å². The number of aliphatic hydroxyl groups is 1. The van der Waals surface area contributed by atoms with E-state index in [0.29, 0.717) is 5.56 Å². The molecule has 0 saturated heterocycles. The molecule has 0 radical (unpaired) electrons. The van der Waals surface area contributed by atoms with Crippen LogP contribution in [-0.4, -0.2) is 39.4 Å². The van der Waals surface area contributed by atoms with E-state index in [1.165, 1.54) is 0 Å². The summed E-state index contributed by atoms with van der Waals surface area (Å²) in [6, 6.07) is 12.4. The predicted octanol–water partition coefficient (Wildman–Crippen LogP) is 4.42. The number of amidine groups is 1. The van der Waals surface area contributed by atoms with Crippen molar-refractivity contribution in [3.63, 3.8) is 0 Å². The third-order valence-corrected chi connectivity index (χ3v) is 4.96. The molecule has 9 heteroatoms. The fourth-order valence-corrected chi connectivity index (χ4v) is 3.15. The van der Waals surface area contributed by atoms with Crippen LogP contribution < -0.4 is 11.5 Å². The van der Waals surface area contributed by atoms with E-state index in [9.17, 15) is 9.90 Å². The lowest BCUT2D eigenvalue weighted by atomic mass is 10.1. The second kappa shape index (κ2) is 12.3. The smallest absolute Gasteiger partial charge is 0.345 e. The van der Waals surface area contributed by atoms with E-state index in [1.54, 1.807) is 37.3 Å². The third kappa shape index (κ3) is 6.63. The number of nitrogens with two attached hydrogens (primary N) is 2. The number of nitrogens with zero attached hydrogens (tertiary/aromatic N) is 4. The molecule has 35 heavy (non-hydrogen) atoms. The first-order valence-electron chi connectivity index (χ1n) is 11.3. The van der Waals surface area contributed by atoms with Gasteiger partial charge in [-0.3, -0.25) is 0 Å². The molecule has 9 nitrogen and oxygen atoms in total. The Morgan fingerprint density at radius 3 is 2.29 bits per heavy atom. The molecular formula is C26H32N6O3. The van der Waals surface area contributed by atoms with E-state index in [2.05, 4.69) is 20.0 Å². The van der Waals surface area contributed by atoms with Gasteiger partial charge in [0.1, 0.15) is 17.2 Å². The number of esters is 1. The number of aryl methyl sites for hydroxylation is 3. The van der Waals surface area contributed by atoms with Crippen LogP contribution in [0.5, 0.6) is 0 Å². The molecule has 184 valence electrons. The fourth-order valence-electron chi connectivity index (χ4n) is 3.15. The van der Waals surface area contributed by atoms with Gasteiger partial charge in [-0.05, 0) is 51.0 Å². The molecule has 1 aromatic heterocycles. The summed E-state index contributed by atoms with van der Waals surface area (Å²) < 4.78 is 5.03. The summed E-state index contributed by atoms with van der Waals surface area (Å²) in [6.07, 6.45) is 0. The largest absolute Gasteiger partial charge is 0.506 e. The van der Waals surface area contributed by atoms with E-state index in [-0.39, 0.29) is 35.7 Å². The molecule has 3 aromatic rings. The van der Waals surface area contributed by atoms with Crippen LogP contribution in [0.1, 0.15) is 43.2 Å². The number of aliphatic imine (C=N–C) groups is 2. The van der Waals surface area contributed by atoms with Crippen molar-refractivity contribution in [3.05, 3.63) is 70.4 Å². The van der Waals surface area contributed by atoms with Crippen molar-refractivity contribution in [1.29, 1.82) is 0 Å². The molecule has 0 amide bonds. The highest BCUT2D eigenvalue weighted by Gasteiger charge is 2.22. The van der Waals surface area contributed by atoms with Crippen LogP contribution in [0, 0.1) is 20.8 Å². The fraction of sp³-hybridized carbons (Fsp3) is 0.269. The van der Waals surface area contributed by atoms with Crippen LogP contribution >= 0.6 is 0 Å². The van der Waals surface area contributed by atoms with E-state index >= 15 is 0 Å². The standard InChI is InChI=1S/C24H26N6O3.C2H6/c1-5-33-22(32)19(20(31)16-9-7-6-8-10-16)21(25)29-23(26)30-24-27-15(4)17-11-13(2)14(3)12-18(17)28-24;1-2/h6-12,31H,5H2,1-4H3,(H4,25,26,27,28,29,30);1-2H3/b20-19-;. The van der Waals surface area contributed by atoms with Gasteiger partial charge in [0.15, 0.2) is 0 Å². The minimum atomic E-state index is -0.837. The first kappa shape index (κ1) is 27.0. The van der Waals surface area contributed by atoms with Gasteiger partial charge < -0.3 is 21.3 Å². The zero-order valence-electron chi connectivity index (χ0n) is 21.0. The van der Waals surface area contributed by atoms with Gasteiger partial charge in [-0.15, -0.1) is 0 Å². The number of ether oxygens (including phenoxy) is 1. The Hall–Kier alpha value is -4.27. The number of rotatable bonds is 5. The van der Waals surface area contributed by atoms with Crippen molar-refractivity contribution in [1.82, 2.24) is 9.97 Å². The van der Waals surface area contributed by atoms with E-state index in [0.717, 1.165) is 27.7 Å². The van der Waals surface area contributed by atoms with Gasteiger partial charge in [0.2, 0.25) is 5.96 Å². The topological polar surface area (TPSA) is 149 Å². The van der Waals surface area contributed by atoms with Gasteiger partial charge in [0.25, 0.3) is 5.95 Å². The lowest BCUT2D eigenvalue weighted by molar-refractivity contribution is -0.137. The predicted molar refractivity (Wildman–Crippen MR) is 141 cm³/mol. The number of carbonyl (C=O) groups excluding carboxylic acids is 1. The molecule has 2 aromatic carbocycles. The Balaban J connectivity index is 0.00000210. The summed E-state index contributed by atoms with van der Waals surface area (Å²) in [5, 5.41) is 11.6. The second-order valence-electron chi connectivity index (χ2n) is 7.34. The van der Waals surface area contributed by atoms with Gasteiger partial charge in [-0.1, -0.05) is 44.2 Å². The number of benzene rings is 2. The molecule has 0 fully saturated rings. The number of aromatic nitrogens is 2. The van der Waals surface area contributed by atoms with E-state index in [4.69, 9.17) is 16.2 Å². The van der Waals surface area contributed by atoms with Crippen LogP contribution in [0.2, 0.25) is 0 Å². The quantitative estimate of drug-likeness (QED) is 0.162. The third-order valence-electron chi connectivity index (χ3n) is 4.96. The van der Waals surface area contributed by atoms with E-state index < -0.39 is 5.97 Å². The van der Waals surface area contributed by atoms with Crippen molar-refractivity contribution in [3.8, 4) is 0 Å². The van der Waals surface area contributed by atoms with Crippen LogP contribution in [0.4, 0.5) is 5.95 Å². The van der Waals surface area contributed by atoms with Gasteiger partial charge >= 0.3 is 5.97 Å². The maximum absolute atomic E-state index is 12.5. The summed E-state index contributed by atoms with van der Waals surface area (Å²) in [5.41, 5.74) is 15.7. The van der Waals surface area contributed by atoms with Gasteiger partial charge in [-0.25, -0.2) is 14.8 Å². The summed E-state index contributed by atoms with van der Waals surface area (Å²) in [5.74, 6) is -1.74. The molecule has 5 N–H and O–H groups in total. The average Bonchev–Trinajstić information content (AvgIpc) is 2.82. The minimum Gasteiger partial charge on any atom is -0.506 e. The van der Waals surface area contributed by atoms with Gasteiger partial charge in [0.05, 0.1) is 17.8 Å². The second-order valence-corrected chi connectivity index (χ2v) is 7.34. The first-order chi connectivity index (χ1) is 16.7. The zero-order chi connectivity index (χ0) is 26.1. The number of hydrogen-bond acceptors (Lipinski definition) is 6. The zero-order valence-corrected chi connectivity index (χ0v) is 21.0. The highest BCUT2D eigenvalue weighted by molar-refractivity contribution is 6.24. The minimum absolute atomic E-state index is 0.0877. The molecule has 1 heterocycles. The number of guanidine groups is 1. The molecule has 0 bridgehead atoms. The first-order valence-corrected chi connectivity index (χ1v) is 11.3. The highest BCUT2D eigenvalue weighted by atomic mass is 16.5. The summed E-state index contributed by atoms with van der Waals surface area (Å²) in [7, 11) is 0. The normalized spacial score (nSPS) is 12.5. The summed E-state index contributed by atoms with van der Waals surface area (Å²) >= 11 is 0. The summed E-state index contributed by atoms with van der Waals surface area (Å²) in [6.45, 7) is 11.6. The van der Waals surface area contributed by atoms with Crippen molar-refractivity contribution in [2.24, 2.45) is 21.5 Å². The van der Waals surface area contributed by atoms with Crippen molar-refractivity contribution in [2.75, 3.05) is 6.61 Å². The maximum atomic E-state index is 12.5. The Morgan fingerprint density at radius 2 is 1.66 bits per heavy atom. The van der Waals surface area contributed by atoms with Crippen LogP contribution in [0.25, 0.3) is 16.7 Å². The van der Waals surface area contributed by atoms with Crippen LogP contribution in [0.15, 0.2) is 58.0 Å². The van der Waals surface area contributed by atoms with Crippen LogP contribution in [0.3, 0.4) is 0 Å². The van der Waals surface area contributed by atoms with Gasteiger partial charge in [-0.2, -0.15) is 9.98 Å². The van der Waals surface area contributed by atoms with Gasteiger partial charge in [0, 0.05) is 10.9 Å². The molecule has 3 rings (SSSR count). The SMILES string of the molecule is CC.CCOC(=O)C(/C(N)=N/C(N)=N/c1nc(C)c2cc(C)c(C)cc2n1)=C(\O)c1ccccc1. The molecule has 0 unspecified atom stereocenters. The Labute approximate surface area is 205 Å². The molecule has 0 aliphatic carbocycles. The Bertz CT molecular complexity index is 1300. The number of carbonyl (C=O) groups is 1. The number of hydrogen-bond donors (Lipinski definition) is 3. The van der Waals surface area contributed by atoms with Crippen molar-refractivity contribution >= 4 is 40.4 Å². The maximum Gasteiger partial charge on any atom is 0.345 e. The summed E-state index contributed by atoms with van der Waals surface area (Å²) in [4.78, 5) is 29.4. The Morgan fingerprint density at radius 1 is 1.03 bits per heavy atom. The lowest BCUT2D eigenvalue weighted by Gasteiger charge is -2.10.